The number of hydrogen-bond donors (Lipinski definition) is 1. The molecule has 1 fully saturated rings. The normalized spacial score (nSPS) is 16.9. The van der Waals surface area contributed by atoms with Gasteiger partial charge in [0.25, 0.3) is 0 Å². The van der Waals surface area contributed by atoms with E-state index < -0.39 is 23.2 Å². The number of alkyl halides is 3. The van der Waals surface area contributed by atoms with Gasteiger partial charge in [-0.25, -0.2) is 4.79 Å². The standard InChI is InChI=1S/C22H30BrF3N2O4/c1-4-15(3)32-20(30)28-12-9-21(10-13-28,19(29)31-5-2)8-11-27-18-7-6-16(23)14-17(18)22(24,25)26/h6-7,14-15,27H,4-5,8-13H2,1-3H3. The average Bonchev–Trinajstić information content (AvgIpc) is 2.74. The third-order valence-corrected chi connectivity index (χ3v) is 6.26. The van der Waals surface area contributed by atoms with Crippen LogP contribution in [-0.4, -0.2) is 49.3 Å². The van der Waals surface area contributed by atoms with Crippen molar-refractivity contribution in [1.29, 1.82) is 0 Å². The molecule has 1 aromatic rings. The van der Waals surface area contributed by atoms with Crippen molar-refractivity contribution in [3.63, 3.8) is 0 Å². The quantitative estimate of drug-likeness (QED) is 0.433. The molecular weight excluding hydrogens is 493 g/mol. The highest BCUT2D eigenvalue weighted by atomic mass is 79.9. The minimum atomic E-state index is -4.51. The lowest BCUT2D eigenvalue weighted by molar-refractivity contribution is -0.158. The van der Waals surface area contributed by atoms with Crippen molar-refractivity contribution in [2.75, 3.05) is 31.6 Å². The summed E-state index contributed by atoms with van der Waals surface area (Å²) in [5.74, 6) is -0.386. The van der Waals surface area contributed by atoms with Gasteiger partial charge in [0.2, 0.25) is 0 Å². The van der Waals surface area contributed by atoms with E-state index in [4.69, 9.17) is 9.47 Å². The van der Waals surface area contributed by atoms with E-state index in [2.05, 4.69) is 21.2 Å². The van der Waals surface area contributed by atoms with Crippen molar-refractivity contribution in [3.05, 3.63) is 28.2 Å². The van der Waals surface area contributed by atoms with Crippen molar-refractivity contribution in [1.82, 2.24) is 4.90 Å². The van der Waals surface area contributed by atoms with Crippen LogP contribution in [0.2, 0.25) is 0 Å². The fourth-order valence-corrected chi connectivity index (χ4v) is 3.99. The molecule has 6 nitrogen and oxygen atoms in total. The zero-order valence-electron chi connectivity index (χ0n) is 18.6. The maximum absolute atomic E-state index is 13.4. The van der Waals surface area contributed by atoms with Crippen LogP contribution in [0, 0.1) is 5.41 Å². The summed E-state index contributed by atoms with van der Waals surface area (Å²) in [6.07, 6.45) is -3.42. The average molecular weight is 523 g/mol. The summed E-state index contributed by atoms with van der Waals surface area (Å²) in [6, 6.07) is 3.91. The van der Waals surface area contributed by atoms with Gasteiger partial charge in [-0.3, -0.25) is 4.79 Å². The van der Waals surface area contributed by atoms with Crippen LogP contribution in [0.15, 0.2) is 22.7 Å². The third-order valence-electron chi connectivity index (χ3n) is 5.77. The first-order chi connectivity index (χ1) is 15.0. The minimum Gasteiger partial charge on any atom is -0.466 e. The van der Waals surface area contributed by atoms with Crippen LogP contribution in [0.3, 0.4) is 0 Å². The number of hydrogen-bond acceptors (Lipinski definition) is 5. The van der Waals surface area contributed by atoms with E-state index in [0.717, 1.165) is 6.07 Å². The van der Waals surface area contributed by atoms with Gasteiger partial charge in [0.15, 0.2) is 0 Å². The number of carbonyl (C=O) groups excluding carboxylic acids is 2. The van der Waals surface area contributed by atoms with Crippen molar-refractivity contribution >= 4 is 33.7 Å². The molecule has 1 aliphatic rings. The van der Waals surface area contributed by atoms with Crippen molar-refractivity contribution in [3.8, 4) is 0 Å². The van der Waals surface area contributed by atoms with Gasteiger partial charge in [-0.05, 0) is 57.7 Å². The summed E-state index contributed by atoms with van der Waals surface area (Å²) in [6.45, 7) is 6.44. The maximum Gasteiger partial charge on any atom is 0.418 e. The topological polar surface area (TPSA) is 67.9 Å². The Bertz CT molecular complexity index is 796. The van der Waals surface area contributed by atoms with Gasteiger partial charge in [0, 0.05) is 29.8 Å². The highest BCUT2D eigenvalue weighted by Crippen LogP contribution is 2.39. The van der Waals surface area contributed by atoms with E-state index in [1.165, 1.54) is 12.1 Å². The molecule has 1 atom stereocenters. The number of nitrogens with zero attached hydrogens (tertiary/aromatic N) is 1. The van der Waals surface area contributed by atoms with E-state index >= 15 is 0 Å². The summed E-state index contributed by atoms with van der Waals surface area (Å²) in [4.78, 5) is 26.6. The second-order valence-corrected chi connectivity index (χ2v) is 8.87. The Labute approximate surface area is 194 Å². The Morgan fingerprint density at radius 1 is 1.25 bits per heavy atom. The Balaban J connectivity index is 2.07. The molecule has 0 spiro atoms. The predicted octanol–water partition coefficient (Wildman–Crippen LogP) is 5.85. The molecule has 1 amide bonds. The number of benzene rings is 1. The van der Waals surface area contributed by atoms with E-state index in [1.807, 2.05) is 13.8 Å². The van der Waals surface area contributed by atoms with Crippen LogP contribution >= 0.6 is 15.9 Å². The van der Waals surface area contributed by atoms with E-state index in [9.17, 15) is 22.8 Å². The molecule has 32 heavy (non-hydrogen) atoms. The van der Waals surface area contributed by atoms with Gasteiger partial charge < -0.3 is 19.7 Å². The number of carbonyl (C=O) groups is 2. The molecular formula is C22H30BrF3N2O4. The van der Waals surface area contributed by atoms with Crippen LogP contribution in [0.5, 0.6) is 0 Å². The van der Waals surface area contributed by atoms with Crippen molar-refractivity contribution in [2.24, 2.45) is 5.41 Å². The van der Waals surface area contributed by atoms with Gasteiger partial charge in [-0.15, -0.1) is 0 Å². The fraction of sp³-hybridized carbons (Fsp3) is 0.636. The number of amides is 1. The van der Waals surface area contributed by atoms with Gasteiger partial charge >= 0.3 is 18.2 Å². The largest absolute Gasteiger partial charge is 0.466 e. The van der Waals surface area contributed by atoms with Crippen molar-refractivity contribution in [2.45, 2.75) is 58.7 Å². The van der Waals surface area contributed by atoms with Crippen LogP contribution in [-0.2, 0) is 20.4 Å². The molecule has 0 aliphatic carbocycles. The molecule has 0 saturated carbocycles. The number of likely N-dealkylation sites (tertiary alicyclic amines) is 1. The zero-order valence-corrected chi connectivity index (χ0v) is 20.1. The Morgan fingerprint density at radius 2 is 1.91 bits per heavy atom. The molecule has 1 saturated heterocycles. The molecule has 1 aromatic carbocycles. The Morgan fingerprint density at radius 3 is 2.47 bits per heavy atom. The van der Waals surface area contributed by atoms with Gasteiger partial charge in [0.05, 0.1) is 17.6 Å². The Hall–Kier alpha value is -1.97. The molecule has 180 valence electrons. The molecule has 0 radical (unpaired) electrons. The number of halogens is 4. The zero-order chi connectivity index (χ0) is 23.9. The SMILES string of the molecule is CCOC(=O)C1(CCNc2ccc(Br)cc2C(F)(F)F)CCN(C(=O)OC(C)CC)CC1. The number of ether oxygens (including phenoxy) is 2. The summed E-state index contributed by atoms with van der Waals surface area (Å²) >= 11 is 3.07. The molecule has 1 N–H and O–H groups in total. The van der Waals surface area contributed by atoms with E-state index in [1.54, 1.807) is 11.8 Å². The molecule has 1 unspecified atom stereocenters. The molecule has 0 bridgehead atoms. The third kappa shape index (κ3) is 6.76. The van der Waals surface area contributed by atoms with Crippen LogP contribution in [0.25, 0.3) is 0 Å². The molecule has 2 rings (SSSR count). The summed E-state index contributed by atoms with van der Waals surface area (Å²) in [7, 11) is 0. The maximum atomic E-state index is 13.4. The highest BCUT2D eigenvalue weighted by molar-refractivity contribution is 9.10. The highest BCUT2D eigenvalue weighted by Gasteiger charge is 2.43. The predicted molar refractivity (Wildman–Crippen MR) is 118 cm³/mol. The first-order valence-corrected chi connectivity index (χ1v) is 11.5. The fourth-order valence-electron chi connectivity index (χ4n) is 3.63. The molecule has 1 heterocycles. The van der Waals surface area contributed by atoms with Crippen molar-refractivity contribution < 1.29 is 32.2 Å². The molecule has 10 heteroatoms. The number of nitrogens with one attached hydrogen (secondary N) is 1. The van der Waals surface area contributed by atoms with Gasteiger partial charge in [-0.2, -0.15) is 13.2 Å². The number of piperidine rings is 1. The first kappa shape index (κ1) is 26.3. The molecule has 0 aromatic heterocycles. The van der Waals surface area contributed by atoms with Gasteiger partial charge in [0.1, 0.15) is 6.10 Å². The number of rotatable bonds is 8. The van der Waals surface area contributed by atoms with Crippen LogP contribution in [0.1, 0.15) is 52.0 Å². The monoisotopic (exact) mass is 522 g/mol. The minimum absolute atomic E-state index is 0.0470. The van der Waals surface area contributed by atoms with E-state index in [-0.39, 0.29) is 37.3 Å². The summed E-state index contributed by atoms with van der Waals surface area (Å²) in [5.41, 5.74) is -1.70. The summed E-state index contributed by atoms with van der Waals surface area (Å²) in [5, 5.41) is 2.83. The lowest BCUT2D eigenvalue weighted by Gasteiger charge is -2.39. The number of anilines is 1. The second-order valence-electron chi connectivity index (χ2n) is 7.95. The van der Waals surface area contributed by atoms with Gasteiger partial charge in [-0.1, -0.05) is 22.9 Å². The lowest BCUT2D eigenvalue weighted by atomic mass is 9.75. The smallest absolute Gasteiger partial charge is 0.418 e. The molecule has 1 aliphatic heterocycles. The Kier molecular flexibility index (Phi) is 9.24. The first-order valence-electron chi connectivity index (χ1n) is 10.8. The lowest BCUT2D eigenvalue weighted by Crippen LogP contribution is -2.48. The van der Waals surface area contributed by atoms with E-state index in [0.29, 0.717) is 36.8 Å². The van der Waals surface area contributed by atoms with Crippen LogP contribution in [0.4, 0.5) is 23.7 Å². The van der Waals surface area contributed by atoms with Crippen LogP contribution < -0.4 is 5.32 Å². The summed E-state index contributed by atoms with van der Waals surface area (Å²) < 4.78 is 51.1. The number of esters is 1. The second kappa shape index (κ2) is 11.2.